The van der Waals surface area contributed by atoms with Gasteiger partial charge in [-0.25, -0.2) is 0 Å². The molecule has 1 fully saturated rings. The summed E-state index contributed by atoms with van der Waals surface area (Å²) in [5, 5.41) is 7.97. The van der Waals surface area contributed by atoms with Crippen LogP contribution in [0.5, 0.6) is 0 Å². The molecule has 1 aliphatic rings. The Bertz CT molecular complexity index is 566. The molecule has 1 N–H and O–H groups in total. The molecule has 1 aliphatic heterocycles. The van der Waals surface area contributed by atoms with Crippen molar-refractivity contribution < 1.29 is 4.79 Å². The minimum atomic E-state index is 0.137. The van der Waals surface area contributed by atoms with Gasteiger partial charge in [0, 0.05) is 24.2 Å². The zero-order chi connectivity index (χ0) is 11.8. The highest BCUT2D eigenvalue weighted by atomic mass is 35.5. The monoisotopic (exact) mass is 249 g/mol. The van der Waals surface area contributed by atoms with Crippen LogP contribution in [0.25, 0.3) is 10.9 Å². The van der Waals surface area contributed by atoms with Gasteiger partial charge >= 0.3 is 0 Å². The Morgan fingerprint density at radius 2 is 2.41 bits per heavy atom. The third-order valence-electron chi connectivity index (χ3n) is 3.17. The smallest absolute Gasteiger partial charge is 0.227 e. The van der Waals surface area contributed by atoms with Crippen LogP contribution in [0.4, 0.5) is 5.69 Å². The fourth-order valence-corrected chi connectivity index (χ4v) is 2.50. The van der Waals surface area contributed by atoms with E-state index in [0.29, 0.717) is 18.8 Å². The van der Waals surface area contributed by atoms with Crippen molar-refractivity contribution in [3.8, 4) is 0 Å². The number of fused-ring (bicyclic) bond motifs is 1. The number of rotatable bonds is 2. The quantitative estimate of drug-likeness (QED) is 0.829. The number of H-pyrrole nitrogens is 1. The summed E-state index contributed by atoms with van der Waals surface area (Å²) in [7, 11) is 0. The number of amides is 1. The number of hydrogen-bond acceptors (Lipinski definition) is 2. The number of benzene rings is 1. The molecular weight excluding hydrogens is 238 g/mol. The summed E-state index contributed by atoms with van der Waals surface area (Å²) in [6.07, 6.45) is 2.30. The predicted molar refractivity (Wildman–Crippen MR) is 67.3 cm³/mol. The normalized spacial score (nSPS) is 20.4. The predicted octanol–water partition coefficient (Wildman–Crippen LogP) is 2.15. The number of hydrogen-bond donors (Lipinski definition) is 1. The molecule has 1 amide bonds. The molecule has 88 valence electrons. The van der Waals surface area contributed by atoms with Crippen LogP contribution >= 0.6 is 11.6 Å². The lowest BCUT2D eigenvalue weighted by molar-refractivity contribution is -0.117. The molecule has 1 aromatic carbocycles. The SMILES string of the molecule is O=C1CC(CCl)CN1c1cccc2cn[nH]c12. The van der Waals surface area contributed by atoms with E-state index in [1.807, 2.05) is 18.2 Å². The number of anilines is 1. The van der Waals surface area contributed by atoms with E-state index in [9.17, 15) is 4.79 Å². The second-order valence-electron chi connectivity index (χ2n) is 4.34. The van der Waals surface area contributed by atoms with Gasteiger partial charge in [0.2, 0.25) is 5.91 Å². The lowest BCUT2D eigenvalue weighted by Crippen LogP contribution is -2.24. The molecular formula is C12H12ClN3O. The minimum absolute atomic E-state index is 0.137. The molecule has 17 heavy (non-hydrogen) atoms. The van der Waals surface area contributed by atoms with Gasteiger partial charge in [-0.3, -0.25) is 9.89 Å². The number of aromatic nitrogens is 2. The topological polar surface area (TPSA) is 49.0 Å². The Morgan fingerprint density at radius 1 is 1.53 bits per heavy atom. The highest BCUT2D eigenvalue weighted by molar-refractivity contribution is 6.18. The molecule has 1 atom stereocenters. The van der Waals surface area contributed by atoms with Crippen molar-refractivity contribution in [3.63, 3.8) is 0 Å². The molecule has 0 saturated carbocycles. The maximum absolute atomic E-state index is 11.9. The average molecular weight is 250 g/mol. The maximum atomic E-state index is 11.9. The first-order chi connectivity index (χ1) is 8.29. The molecule has 2 aromatic rings. The Morgan fingerprint density at radius 3 is 3.18 bits per heavy atom. The van der Waals surface area contributed by atoms with Gasteiger partial charge in [-0.2, -0.15) is 5.10 Å². The van der Waals surface area contributed by atoms with Gasteiger partial charge in [-0.15, -0.1) is 11.6 Å². The lowest BCUT2D eigenvalue weighted by atomic mass is 10.1. The van der Waals surface area contributed by atoms with Gasteiger partial charge in [0.15, 0.2) is 0 Å². The van der Waals surface area contributed by atoms with Crippen LogP contribution in [-0.2, 0) is 4.79 Å². The molecule has 0 spiro atoms. The molecule has 1 unspecified atom stereocenters. The first-order valence-corrected chi connectivity index (χ1v) is 6.11. The number of carbonyl (C=O) groups is 1. The number of aromatic amines is 1. The van der Waals surface area contributed by atoms with E-state index in [4.69, 9.17) is 11.6 Å². The summed E-state index contributed by atoms with van der Waals surface area (Å²) >= 11 is 5.82. The molecule has 5 heteroatoms. The van der Waals surface area contributed by atoms with E-state index in [1.54, 1.807) is 11.1 Å². The van der Waals surface area contributed by atoms with Gasteiger partial charge in [-0.05, 0) is 12.0 Å². The van der Waals surface area contributed by atoms with E-state index < -0.39 is 0 Å². The van der Waals surface area contributed by atoms with Gasteiger partial charge in [0.05, 0.1) is 17.4 Å². The van der Waals surface area contributed by atoms with Gasteiger partial charge in [0.25, 0.3) is 0 Å². The van der Waals surface area contributed by atoms with E-state index in [2.05, 4.69) is 10.2 Å². The Labute approximate surface area is 104 Å². The van der Waals surface area contributed by atoms with Gasteiger partial charge in [0.1, 0.15) is 0 Å². The van der Waals surface area contributed by atoms with Crippen LogP contribution in [0.15, 0.2) is 24.4 Å². The second-order valence-corrected chi connectivity index (χ2v) is 4.65. The number of nitrogens with one attached hydrogen (secondary N) is 1. The van der Waals surface area contributed by atoms with Gasteiger partial charge in [-0.1, -0.05) is 12.1 Å². The first kappa shape index (κ1) is 10.6. The molecule has 0 bridgehead atoms. The average Bonchev–Trinajstić information content (AvgIpc) is 2.94. The Balaban J connectivity index is 2.04. The minimum Gasteiger partial charge on any atom is -0.310 e. The highest BCUT2D eigenvalue weighted by Crippen LogP contribution is 2.30. The number of alkyl halides is 1. The van der Waals surface area contributed by atoms with Crippen LogP contribution in [0.2, 0.25) is 0 Å². The summed E-state index contributed by atoms with van der Waals surface area (Å²) in [5.41, 5.74) is 1.81. The summed E-state index contributed by atoms with van der Waals surface area (Å²) < 4.78 is 0. The summed E-state index contributed by atoms with van der Waals surface area (Å²) in [4.78, 5) is 13.7. The Kier molecular flexibility index (Phi) is 2.52. The van der Waals surface area contributed by atoms with Crippen LogP contribution < -0.4 is 4.90 Å². The number of carbonyl (C=O) groups excluding carboxylic acids is 1. The van der Waals surface area contributed by atoms with Crippen molar-refractivity contribution in [2.75, 3.05) is 17.3 Å². The van der Waals surface area contributed by atoms with Crippen molar-refractivity contribution in [1.29, 1.82) is 0 Å². The van der Waals surface area contributed by atoms with Crippen molar-refractivity contribution in [1.82, 2.24) is 10.2 Å². The second kappa shape index (κ2) is 4.04. The van der Waals surface area contributed by atoms with E-state index in [-0.39, 0.29) is 11.8 Å². The van der Waals surface area contributed by atoms with Crippen LogP contribution in [0, 0.1) is 5.92 Å². The summed E-state index contributed by atoms with van der Waals surface area (Å²) in [6.45, 7) is 0.695. The van der Waals surface area contributed by atoms with Gasteiger partial charge < -0.3 is 4.90 Å². The standard InChI is InChI=1S/C12H12ClN3O/c13-5-8-4-11(17)16(7-8)10-3-1-2-9-6-14-15-12(9)10/h1-3,6,8H,4-5,7H2,(H,14,15). The number of nitrogens with zero attached hydrogens (tertiary/aromatic N) is 2. The number of halogens is 1. The molecule has 3 rings (SSSR count). The molecule has 0 aliphatic carbocycles. The van der Waals surface area contributed by atoms with E-state index in [0.717, 1.165) is 16.6 Å². The number of para-hydroxylation sites is 1. The molecule has 0 radical (unpaired) electrons. The fraction of sp³-hybridized carbons (Fsp3) is 0.333. The molecule has 1 saturated heterocycles. The highest BCUT2D eigenvalue weighted by Gasteiger charge is 2.30. The van der Waals surface area contributed by atoms with Crippen LogP contribution in [0.1, 0.15) is 6.42 Å². The van der Waals surface area contributed by atoms with Crippen molar-refractivity contribution in [3.05, 3.63) is 24.4 Å². The molecule has 2 heterocycles. The van der Waals surface area contributed by atoms with Crippen molar-refractivity contribution in [2.24, 2.45) is 5.92 Å². The van der Waals surface area contributed by atoms with E-state index in [1.165, 1.54) is 0 Å². The van der Waals surface area contributed by atoms with Crippen molar-refractivity contribution >= 4 is 34.1 Å². The van der Waals surface area contributed by atoms with Crippen LogP contribution in [0.3, 0.4) is 0 Å². The van der Waals surface area contributed by atoms with E-state index >= 15 is 0 Å². The zero-order valence-corrected chi connectivity index (χ0v) is 9.94. The summed E-state index contributed by atoms with van der Waals surface area (Å²) in [6, 6.07) is 5.85. The molecule has 4 nitrogen and oxygen atoms in total. The molecule has 1 aromatic heterocycles. The van der Waals surface area contributed by atoms with Crippen LogP contribution in [-0.4, -0.2) is 28.5 Å². The summed E-state index contributed by atoms with van der Waals surface area (Å²) in [5.74, 6) is 0.918. The largest absolute Gasteiger partial charge is 0.310 e. The lowest BCUT2D eigenvalue weighted by Gasteiger charge is -2.17. The third kappa shape index (κ3) is 1.69. The zero-order valence-electron chi connectivity index (χ0n) is 9.19. The van der Waals surface area contributed by atoms with Crippen molar-refractivity contribution in [2.45, 2.75) is 6.42 Å². The maximum Gasteiger partial charge on any atom is 0.227 e. The Hall–Kier alpha value is -1.55. The first-order valence-electron chi connectivity index (χ1n) is 5.58. The fourth-order valence-electron chi connectivity index (χ4n) is 2.30. The third-order valence-corrected chi connectivity index (χ3v) is 3.61.